The minimum atomic E-state index is -4.00. The first-order valence-corrected chi connectivity index (χ1v) is 14.5. The maximum atomic E-state index is 13.7. The monoisotopic (exact) mass is 575 g/mol. The van der Waals surface area contributed by atoms with Gasteiger partial charge in [0.2, 0.25) is 15.9 Å². The lowest BCUT2D eigenvalue weighted by atomic mass is 10.1. The van der Waals surface area contributed by atoms with Crippen LogP contribution in [0.15, 0.2) is 71.6 Å². The van der Waals surface area contributed by atoms with E-state index in [1.165, 1.54) is 29.6 Å². The summed E-state index contributed by atoms with van der Waals surface area (Å²) in [5.41, 5.74) is 3.15. The van der Waals surface area contributed by atoms with Gasteiger partial charge in [-0.05, 0) is 54.8 Å². The lowest BCUT2D eigenvalue weighted by Gasteiger charge is -2.37. The molecule has 1 aliphatic rings. The molecule has 0 aromatic heterocycles. The van der Waals surface area contributed by atoms with Crippen LogP contribution in [0.5, 0.6) is 5.75 Å². The fourth-order valence-corrected chi connectivity index (χ4v) is 6.42. The smallest absolute Gasteiger partial charge is 0.243 e. The van der Waals surface area contributed by atoms with Crippen molar-refractivity contribution in [2.75, 3.05) is 51.3 Å². The summed E-state index contributed by atoms with van der Waals surface area (Å²) in [6, 6.07) is 19.7. The molecule has 0 aliphatic carbocycles. The molecule has 38 heavy (non-hydrogen) atoms. The average Bonchev–Trinajstić information content (AvgIpc) is 2.92. The molecular weight excluding hydrogens is 545 g/mol. The molecule has 4 rings (SSSR count). The van der Waals surface area contributed by atoms with E-state index in [1.807, 2.05) is 55.5 Å². The van der Waals surface area contributed by atoms with Gasteiger partial charge in [-0.1, -0.05) is 59.6 Å². The molecule has 1 saturated heterocycles. The van der Waals surface area contributed by atoms with Gasteiger partial charge in [-0.3, -0.25) is 4.79 Å². The van der Waals surface area contributed by atoms with E-state index in [1.54, 1.807) is 4.90 Å². The Hall–Kier alpha value is -2.78. The molecule has 1 aliphatic heterocycles. The number of piperazine rings is 1. The third-order valence-corrected chi connectivity index (χ3v) is 9.08. The Kier molecular flexibility index (Phi) is 9.20. The summed E-state index contributed by atoms with van der Waals surface area (Å²) in [5.74, 6) is 0.147. The molecule has 0 bridgehead atoms. The number of ether oxygens (including phenoxy) is 1. The van der Waals surface area contributed by atoms with Crippen LogP contribution >= 0.6 is 23.2 Å². The average molecular weight is 577 g/mol. The van der Waals surface area contributed by atoms with Gasteiger partial charge in [0.1, 0.15) is 5.75 Å². The Morgan fingerprint density at radius 1 is 0.974 bits per heavy atom. The summed E-state index contributed by atoms with van der Waals surface area (Å²) in [4.78, 5) is 17.3. The number of carbonyl (C=O) groups excluding carboxylic acids is 1. The number of amides is 1. The predicted molar refractivity (Wildman–Crippen MR) is 152 cm³/mol. The molecule has 0 spiro atoms. The zero-order valence-electron chi connectivity index (χ0n) is 21.4. The van der Waals surface area contributed by atoms with Gasteiger partial charge in [0.25, 0.3) is 0 Å². The first kappa shape index (κ1) is 28.2. The van der Waals surface area contributed by atoms with Gasteiger partial charge >= 0.3 is 0 Å². The van der Waals surface area contributed by atoms with Crippen molar-refractivity contribution in [1.82, 2.24) is 9.21 Å². The highest BCUT2D eigenvalue weighted by molar-refractivity contribution is 7.89. The van der Waals surface area contributed by atoms with Crippen molar-refractivity contribution in [2.24, 2.45) is 0 Å². The van der Waals surface area contributed by atoms with Gasteiger partial charge < -0.3 is 14.5 Å². The lowest BCUT2D eigenvalue weighted by Crippen LogP contribution is -2.52. The topological polar surface area (TPSA) is 70.2 Å². The normalized spacial score (nSPS) is 14.1. The number of nitrogens with zero attached hydrogens (tertiary/aromatic N) is 3. The maximum Gasteiger partial charge on any atom is 0.243 e. The van der Waals surface area contributed by atoms with Crippen LogP contribution in [0, 0.1) is 6.92 Å². The van der Waals surface area contributed by atoms with Crippen LogP contribution in [0.4, 0.5) is 5.69 Å². The van der Waals surface area contributed by atoms with Crippen molar-refractivity contribution in [1.29, 1.82) is 0 Å². The molecule has 10 heteroatoms. The second kappa shape index (κ2) is 12.4. The molecule has 1 heterocycles. The number of methoxy groups -OCH3 is 1. The number of sulfonamides is 1. The van der Waals surface area contributed by atoms with Crippen LogP contribution in [-0.2, 0) is 21.2 Å². The molecule has 0 atom stereocenters. The highest BCUT2D eigenvalue weighted by atomic mass is 35.5. The van der Waals surface area contributed by atoms with Crippen molar-refractivity contribution in [2.45, 2.75) is 18.2 Å². The van der Waals surface area contributed by atoms with Gasteiger partial charge in [-0.25, -0.2) is 8.42 Å². The zero-order valence-corrected chi connectivity index (χ0v) is 23.8. The molecule has 1 fully saturated rings. The summed E-state index contributed by atoms with van der Waals surface area (Å²) in [6.07, 6.45) is 0.471. The Balaban J connectivity index is 1.50. The molecule has 202 valence electrons. The van der Waals surface area contributed by atoms with Gasteiger partial charge in [-0.15, -0.1) is 0 Å². The van der Waals surface area contributed by atoms with E-state index in [0.717, 1.165) is 16.8 Å². The maximum absolute atomic E-state index is 13.7. The van der Waals surface area contributed by atoms with Crippen LogP contribution in [0.25, 0.3) is 0 Å². The second-order valence-electron chi connectivity index (χ2n) is 9.17. The van der Waals surface area contributed by atoms with E-state index in [9.17, 15) is 13.2 Å². The minimum absolute atomic E-state index is 0.0189. The number of benzene rings is 3. The van der Waals surface area contributed by atoms with Crippen molar-refractivity contribution < 1.29 is 17.9 Å². The number of hydrogen-bond donors (Lipinski definition) is 0. The molecule has 0 radical (unpaired) electrons. The van der Waals surface area contributed by atoms with Gasteiger partial charge in [0.15, 0.2) is 0 Å². The van der Waals surface area contributed by atoms with E-state index >= 15 is 0 Å². The minimum Gasteiger partial charge on any atom is -0.495 e. The third kappa shape index (κ3) is 6.61. The highest BCUT2D eigenvalue weighted by Gasteiger charge is 2.30. The number of halogens is 2. The van der Waals surface area contributed by atoms with Gasteiger partial charge in [0, 0.05) is 43.4 Å². The third-order valence-electron chi connectivity index (χ3n) is 6.71. The number of anilines is 1. The van der Waals surface area contributed by atoms with Crippen molar-refractivity contribution >= 4 is 44.8 Å². The molecule has 3 aromatic rings. The molecular formula is C28H31Cl2N3O4S. The van der Waals surface area contributed by atoms with E-state index in [-0.39, 0.29) is 28.9 Å². The molecule has 3 aromatic carbocycles. The van der Waals surface area contributed by atoms with Crippen LogP contribution in [0.1, 0.15) is 11.1 Å². The quantitative estimate of drug-likeness (QED) is 0.363. The number of rotatable bonds is 9. The van der Waals surface area contributed by atoms with E-state index in [4.69, 9.17) is 27.9 Å². The molecule has 0 unspecified atom stereocenters. The fraction of sp³-hybridized carbons (Fsp3) is 0.321. The number of hydrogen-bond acceptors (Lipinski definition) is 5. The lowest BCUT2D eigenvalue weighted by molar-refractivity contribution is -0.131. The fourth-order valence-electron chi connectivity index (χ4n) is 4.51. The molecule has 0 N–H and O–H groups in total. The van der Waals surface area contributed by atoms with E-state index in [2.05, 4.69) is 4.90 Å². The van der Waals surface area contributed by atoms with E-state index in [0.29, 0.717) is 43.4 Å². The summed E-state index contributed by atoms with van der Waals surface area (Å²) in [7, 11) is -2.53. The SMILES string of the molecule is COc1ccc(S(=O)(=O)N(CCc2ccccc2)CC(=O)N2CCN(c3cc(Cl)ccc3C)CC2)cc1Cl. The van der Waals surface area contributed by atoms with E-state index < -0.39 is 10.0 Å². The predicted octanol–water partition coefficient (Wildman–Crippen LogP) is 4.89. The van der Waals surface area contributed by atoms with Crippen LogP contribution < -0.4 is 9.64 Å². The number of aryl methyl sites for hydroxylation is 1. The standard InChI is InChI=1S/C28H31Cl2N3O4S/c1-21-8-9-23(29)18-26(21)31-14-16-32(17-15-31)28(34)20-33(13-12-22-6-4-3-5-7-22)38(35,36)24-10-11-27(37-2)25(30)19-24/h3-11,18-19H,12-17,20H2,1-2H3. The zero-order chi connectivity index (χ0) is 27.3. The van der Waals surface area contributed by atoms with Crippen molar-refractivity contribution in [3.63, 3.8) is 0 Å². The largest absolute Gasteiger partial charge is 0.495 e. The first-order chi connectivity index (χ1) is 18.2. The Labute approximate surface area is 234 Å². The second-order valence-corrected chi connectivity index (χ2v) is 12.0. The first-order valence-electron chi connectivity index (χ1n) is 12.4. The van der Waals surface area contributed by atoms with Gasteiger partial charge in [0.05, 0.1) is 23.6 Å². The number of carbonyl (C=O) groups is 1. The van der Waals surface area contributed by atoms with Crippen molar-refractivity contribution in [3.05, 3.63) is 87.9 Å². The highest BCUT2D eigenvalue weighted by Crippen LogP contribution is 2.29. The molecule has 0 saturated carbocycles. The van der Waals surface area contributed by atoms with Crippen LogP contribution in [-0.4, -0.2) is 69.9 Å². The molecule has 1 amide bonds. The Morgan fingerprint density at radius 2 is 1.68 bits per heavy atom. The van der Waals surface area contributed by atoms with Crippen LogP contribution in [0.2, 0.25) is 10.0 Å². The summed E-state index contributed by atoms with van der Waals surface area (Å²) in [5, 5.41) is 0.859. The summed E-state index contributed by atoms with van der Waals surface area (Å²) < 4.78 is 33.7. The summed E-state index contributed by atoms with van der Waals surface area (Å²) >= 11 is 12.4. The van der Waals surface area contributed by atoms with Gasteiger partial charge in [-0.2, -0.15) is 4.31 Å². The Bertz CT molecular complexity index is 1380. The Morgan fingerprint density at radius 3 is 2.34 bits per heavy atom. The summed E-state index contributed by atoms with van der Waals surface area (Å²) in [6.45, 7) is 4.19. The van der Waals surface area contributed by atoms with Crippen LogP contribution in [0.3, 0.4) is 0 Å². The van der Waals surface area contributed by atoms with Crippen molar-refractivity contribution in [3.8, 4) is 5.75 Å². The molecule has 7 nitrogen and oxygen atoms in total.